The van der Waals surface area contributed by atoms with Crippen molar-refractivity contribution < 1.29 is 13.2 Å². The lowest BCUT2D eigenvalue weighted by Gasteiger charge is -2.40. The van der Waals surface area contributed by atoms with Crippen LogP contribution < -0.4 is 11.1 Å². The third kappa shape index (κ3) is 6.45. The summed E-state index contributed by atoms with van der Waals surface area (Å²) >= 11 is 1.81. The smallest absolute Gasteiger partial charge is 0.405 e. The van der Waals surface area contributed by atoms with Gasteiger partial charge in [-0.05, 0) is 58.5 Å². The van der Waals surface area contributed by atoms with E-state index in [1.807, 2.05) is 108 Å². The largest absolute Gasteiger partial charge is 0.416 e. The van der Waals surface area contributed by atoms with E-state index in [1.165, 1.54) is 12.3 Å². The van der Waals surface area contributed by atoms with Crippen LogP contribution in [-0.4, -0.2) is 6.18 Å². The van der Waals surface area contributed by atoms with Crippen molar-refractivity contribution in [1.82, 2.24) is 5.32 Å². The van der Waals surface area contributed by atoms with Gasteiger partial charge >= 0.3 is 6.18 Å². The van der Waals surface area contributed by atoms with Crippen molar-refractivity contribution in [1.29, 1.82) is 0 Å². The Balaban J connectivity index is 2.93. The summed E-state index contributed by atoms with van der Waals surface area (Å²) < 4.78 is 41.8. The maximum Gasteiger partial charge on any atom is 0.416 e. The summed E-state index contributed by atoms with van der Waals surface area (Å²) in [4.78, 5) is 0. The van der Waals surface area contributed by atoms with E-state index in [0.717, 1.165) is 16.7 Å². The van der Waals surface area contributed by atoms with Gasteiger partial charge in [0.05, 0.1) is 5.57 Å². The van der Waals surface area contributed by atoms with Crippen LogP contribution in [0, 0.1) is 0 Å². The number of hydrogen-bond acceptors (Lipinski definition) is 2. The molecule has 35 heavy (non-hydrogen) atoms. The van der Waals surface area contributed by atoms with Gasteiger partial charge < -0.3 is 11.1 Å². The number of benzene rings is 2. The molecule has 0 atom stereocenters. The number of hydrogen-bond donors (Lipinski definition) is 2. The van der Waals surface area contributed by atoms with Gasteiger partial charge in [-0.1, -0.05) is 105 Å². The molecule has 0 heterocycles. The van der Waals surface area contributed by atoms with Crippen LogP contribution in [0.5, 0.6) is 0 Å². The van der Waals surface area contributed by atoms with Crippen molar-refractivity contribution in [2.75, 3.05) is 0 Å². The van der Waals surface area contributed by atoms with Gasteiger partial charge in [0.2, 0.25) is 0 Å². The van der Waals surface area contributed by atoms with Crippen molar-refractivity contribution in [3.63, 3.8) is 0 Å². The van der Waals surface area contributed by atoms with Crippen LogP contribution in [0.15, 0.2) is 143 Å². The van der Waals surface area contributed by atoms with Gasteiger partial charge in [-0.15, -0.1) is 0 Å². The molecule has 2 aromatic rings. The van der Waals surface area contributed by atoms with Crippen LogP contribution >= 0.6 is 22.6 Å². The maximum atomic E-state index is 13.8. The zero-order chi connectivity index (χ0) is 26.1. The lowest BCUT2D eigenvalue weighted by atomic mass is 9.75. The highest BCUT2D eigenvalue weighted by Crippen LogP contribution is 2.42. The zero-order valence-corrected chi connectivity index (χ0v) is 21.6. The number of allylic oxidation sites excluding steroid dienone is 6. The van der Waals surface area contributed by atoms with Crippen molar-refractivity contribution >= 4 is 22.6 Å². The Morgan fingerprint density at radius 2 is 1.46 bits per heavy atom. The van der Waals surface area contributed by atoms with Crippen LogP contribution in [0.3, 0.4) is 0 Å². The second-order valence-corrected chi connectivity index (χ2v) is 8.66. The van der Waals surface area contributed by atoms with Gasteiger partial charge in [-0.25, -0.2) is 0 Å². The molecule has 0 bridgehead atoms. The molecular formula is C29H28F3IN2. The highest BCUT2D eigenvalue weighted by atomic mass is 127. The topological polar surface area (TPSA) is 38.0 Å². The summed E-state index contributed by atoms with van der Waals surface area (Å²) in [6.07, 6.45) is 5.15. The third-order valence-corrected chi connectivity index (χ3v) is 6.15. The zero-order valence-electron chi connectivity index (χ0n) is 19.4. The van der Waals surface area contributed by atoms with E-state index in [-0.39, 0.29) is 14.8 Å². The first-order chi connectivity index (χ1) is 16.6. The molecule has 0 radical (unpaired) electrons. The Hall–Kier alpha value is -3.26. The van der Waals surface area contributed by atoms with Crippen LogP contribution in [0.1, 0.15) is 18.1 Å². The minimum absolute atomic E-state index is 0.0435. The second kappa shape index (κ2) is 12.4. The Labute approximate surface area is 219 Å². The monoisotopic (exact) mass is 588 g/mol. The maximum absolute atomic E-state index is 13.8. The fraction of sp³-hybridized carbons (Fsp3) is 0.103. The lowest BCUT2D eigenvalue weighted by molar-refractivity contribution is -0.0888. The molecule has 0 aliphatic carbocycles. The van der Waals surface area contributed by atoms with Gasteiger partial charge in [0.1, 0.15) is 5.54 Å². The predicted molar refractivity (Wildman–Crippen MR) is 149 cm³/mol. The number of nitrogens with two attached hydrogens (primary N) is 1. The summed E-state index contributed by atoms with van der Waals surface area (Å²) in [5, 5.41) is 3.37. The molecule has 2 aromatic carbocycles. The Bertz CT molecular complexity index is 1130. The number of halogens is 4. The van der Waals surface area contributed by atoms with Crippen LogP contribution in [0.4, 0.5) is 13.2 Å². The van der Waals surface area contributed by atoms with Gasteiger partial charge in [-0.2, -0.15) is 13.2 Å². The van der Waals surface area contributed by atoms with Crippen molar-refractivity contribution in [3.8, 4) is 0 Å². The molecule has 0 aliphatic rings. The Morgan fingerprint density at radius 3 is 1.86 bits per heavy atom. The second-order valence-electron chi connectivity index (χ2n) is 7.50. The minimum Gasteiger partial charge on any atom is -0.405 e. The SMILES string of the molecule is C=C/C=C(\C=C/C)C(NC(=C)/C(C(=C)C(F)(F)F)=C(I)\C=C/N)(c1ccccc1)c1ccccc1. The number of rotatable bonds is 10. The van der Waals surface area contributed by atoms with E-state index in [4.69, 9.17) is 5.73 Å². The van der Waals surface area contributed by atoms with Gasteiger partial charge in [0, 0.05) is 14.8 Å². The quantitative estimate of drug-likeness (QED) is 0.218. The van der Waals surface area contributed by atoms with Crippen LogP contribution in [0.25, 0.3) is 0 Å². The highest BCUT2D eigenvalue weighted by molar-refractivity contribution is 14.1. The van der Waals surface area contributed by atoms with E-state index in [9.17, 15) is 13.2 Å². The average Bonchev–Trinajstić information content (AvgIpc) is 2.83. The van der Waals surface area contributed by atoms with Crippen LogP contribution in [0.2, 0.25) is 0 Å². The normalized spacial score (nSPS) is 13.6. The fourth-order valence-electron chi connectivity index (χ4n) is 3.77. The molecule has 0 amide bonds. The summed E-state index contributed by atoms with van der Waals surface area (Å²) in [5.74, 6) is 0. The molecule has 0 saturated heterocycles. The van der Waals surface area contributed by atoms with E-state index in [1.54, 1.807) is 6.08 Å². The van der Waals surface area contributed by atoms with Crippen molar-refractivity contribution in [2.24, 2.45) is 5.73 Å². The first-order valence-corrected chi connectivity index (χ1v) is 11.8. The molecule has 0 unspecified atom stereocenters. The van der Waals surface area contributed by atoms with Crippen molar-refractivity contribution in [2.45, 2.75) is 18.6 Å². The highest BCUT2D eigenvalue weighted by Gasteiger charge is 2.41. The van der Waals surface area contributed by atoms with Gasteiger partial charge in [-0.3, -0.25) is 0 Å². The molecule has 2 nitrogen and oxygen atoms in total. The molecule has 2 rings (SSSR count). The van der Waals surface area contributed by atoms with Crippen LogP contribution in [-0.2, 0) is 5.54 Å². The fourth-order valence-corrected chi connectivity index (χ4v) is 4.63. The van der Waals surface area contributed by atoms with E-state index in [0.29, 0.717) is 0 Å². The predicted octanol–water partition coefficient (Wildman–Crippen LogP) is 8.00. The molecule has 0 saturated carbocycles. The summed E-state index contributed by atoms with van der Waals surface area (Å²) in [6.45, 7) is 13.1. The molecule has 0 spiro atoms. The first-order valence-electron chi connectivity index (χ1n) is 10.7. The molecule has 0 fully saturated rings. The lowest BCUT2D eigenvalue weighted by Crippen LogP contribution is -2.45. The molecule has 6 heteroatoms. The Morgan fingerprint density at radius 1 is 0.943 bits per heavy atom. The van der Waals surface area contributed by atoms with Crippen molar-refractivity contribution in [3.05, 3.63) is 154 Å². The van der Waals surface area contributed by atoms with E-state index < -0.39 is 17.3 Å². The summed E-state index contributed by atoms with van der Waals surface area (Å²) in [7, 11) is 0. The third-order valence-electron chi connectivity index (χ3n) is 5.26. The molecule has 0 aliphatic heterocycles. The average molecular weight is 588 g/mol. The first kappa shape index (κ1) is 28.0. The molecule has 0 aromatic heterocycles. The van der Waals surface area contributed by atoms with Gasteiger partial charge in [0.25, 0.3) is 0 Å². The molecule has 3 N–H and O–H groups in total. The van der Waals surface area contributed by atoms with Gasteiger partial charge in [0.15, 0.2) is 0 Å². The van der Waals surface area contributed by atoms with E-state index >= 15 is 0 Å². The minimum atomic E-state index is -4.66. The standard InChI is InChI=1S/C29H28F3IN2/c1-5-13-23(14-6-2)28(24-15-9-7-10-16-24,25-17-11-8-12-18-25)35-22(4)27(26(33)19-20-34)21(3)29(30,31)32/h5-20,35H,1,3-4,34H2,2H3/b14-6-,20-19-,23-13+,27-26+. The Kier molecular flexibility index (Phi) is 9.95. The molecule has 182 valence electrons. The summed E-state index contributed by atoms with van der Waals surface area (Å²) in [5.41, 5.74) is 5.63. The molecular weight excluding hydrogens is 560 g/mol. The summed E-state index contributed by atoms with van der Waals surface area (Å²) in [6, 6.07) is 19.0. The van der Waals surface area contributed by atoms with E-state index in [2.05, 4.69) is 25.1 Å². The number of alkyl halides is 3. The number of nitrogens with one attached hydrogen (secondary N) is 1.